The molecule has 0 radical (unpaired) electrons. The van der Waals surface area contributed by atoms with E-state index in [1.54, 1.807) is 5.56 Å². The highest BCUT2D eigenvalue weighted by Gasteiger charge is 2.31. The Balaban J connectivity index is 1.48. The molecule has 0 saturated heterocycles. The van der Waals surface area contributed by atoms with Crippen molar-refractivity contribution in [3.05, 3.63) is 35.4 Å². The van der Waals surface area contributed by atoms with E-state index in [0.29, 0.717) is 5.41 Å². The summed E-state index contributed by atoms with van der Waals surface area (Å²) in [7, 11) is 0. The van der Waals surface area contributed by atoms with Crippen LogP contribution in [0.25, 0.3) is 0 Å². The van der Waals surface area contributed by atoms with Crippen molar-refractivity contribution in [1.82, 2.24) is 5.32 Å². The lowest BCUT2D eigenvalue weighted by Crippen LogP contribution is -2.31. The number of benzene rings is 1. The molecule has 2 fully saturated rings. The van der Waals surface area contributed by atoms with Gasteiger partial charge in [-0.2, -0.15) is 0 Å². The van der Waals surface area contributed by atoms with E-state index in [0.717, 1.165) is 12.5 Å². The van der Waals surface area contributed by atoms with Crippen LogP contribution in [0.5, 0.6) is 0 Å². The Kier molecular flexibility index (Phi) is 3.93. The van der Waals surface area contributed by atoms with E-state index in [1.807, 2.05) is 0 Å². The molecule has 0 atom stereocenters. The standard InChI is InChI=1S/C18H27N/c1-2-18(11-3-4-12-18)14-19-13-15-5-7-16(8-6-15)17-9-10-17/h5-8,17,19H,2-4,9-14H2,1H3. The van der Waals surface area contributed by atoms with Crippen molar-refractivity contribution >= 4 is 0 Å². The fourth-order valence-electron chi connectivity index (χ4n) is 3.58. The first kappa shape index (κ1) is 13.2. The molecule has 19 heavy (non-hydrogen) atoms. The van der Waals surface area contributed by atoms with Crippen LogP contribution in [0.15, 0.2) is 24.3 Å². The molecule has 0 bridgehead atoms. The second kappa shape index (κ2) is 5.66. The van der Waals surface area contributed by atoms with E-state index >= 15 is 0 Å². The predicted molar refractivity (Wildman–Crippen MR) is 81.3 cm³/mol. The van der Waals surface area contributed by atoms with Crippen molar-refractivity contribution < 1.29 is 0 Å². The van der Waals surface area contributed by atoms with Crippen LogP contribution in [-0.4, -0.2) is 6.54 Å². The molecule has 1 N–H and O–H groups in total. The second-order valence-electron chi connectivity index (χ2n) is 6.68. The third kappa shape index (κ3) is 3.20. The molecule has 1 aromatic rings. The van der Waals surface area contributed by atoms with Crippen LogP contribution in [0, 0.1) is 5.41 Å². The molecule has 2 aliphatic rings. The zero-order chi connectivity index (χ0) is 13.1. The first-order chi connectivity index (χ1) is 9.31. The van der Waals surface area contributed by atoms with Gasteiger partial charge in [0.05, 0.1) is 0 Å². The van der Waals surface area contributed by atoms with E-state index in [4.69, 9.17) is 0 Å². The van der Waals surface area contributed by atoms with Crippen LogP contribution in [-0.2, 0) is 6.54 Å². The van der Waals surface area contributed by atoms with Gasteiger partial charge in [-0.05, 0) is 54.6 Å². The summed E-state index contributed by atoms with van der Waals surface area (Å²) in [6.07, 6.45) is 9.86. The van der Waals surface area contributed by atoms with Gasteiger partial charge in [-0.25, -0.2) is 0 Å². The molecular formula is C18H27N. The normalized spacial score (nSPS) is 21.7. The molecule has 0 amide bonds. The SMILES string of the molecule is CCC1(CNCc2ccc(C3CC3)cc2)CCCC1. The van der Waals surface area contributed by atoms with Crippen molar-refractivity contribution in [3.8, 4) is 0 Å². The lowest BCUT2D eigenvalue weighted by Gasteiger charge is -2.27. The van der Waals surface area contributed by atoms with Crippen molar-refractivity contribution in [2.45, 2.75) is 64.3 Å². The largest absolute Gasteiger partial charge is 0.312 e. The molecule has 1 nitrogen and oxygen atoms in total. The molecule has 0 heterocycles. The molecule has 3 rings (SSSR count). The lowest BCUT2D eigenvalue weighted by molar-refractivity contribution is 0.268. The van der Waals surface area contributed by atoms with Gasteiger partial charge in [0.2, 0.25) is 0 Å². The zero-order valence-corrected chi connectivity index (χ0v) is 12.3. The second-order valence-corrected chi connectivity index (χ2v) is 6.68. The summed E-state index contributed by atoms with van der Waals surface area (Å²) in [5.41, 5.74) is 3.59. The zero-order valence-electron chi connectivity index (χ0n) is 12.3. The fraction of sp³-hybridized carbons (Fsp3) is 0.667. The predicted octanol–water partition coefficient (Wildman–Crippen LogP) is 4.62. The number of rotatable bonds is 6. The van der Waals surface area contributed by atoms with E-state index in [-0.39, 0.29) is 0 Å². The smallest absolute Gasteiger partial charge is 0.0205 e. The summed E-state index contributed by atoms with van der Waals surface area (Å²) >= 11 is 0. The number of nitrogens with one attached hydrogen (secondary N) is 1. The Bertz CT molecular complexity index is 396. The van der Waals surface area contributed by atoms with Crippen LogP contribution >= 0.6 is 0 Å². The quantitative estimate of drug-likeness (QED) is 0.784. The monoisotopic (exact) mass is 257 g/mol. The maximum atomic E-state index is 3.70. The average molecular weight is 257 g/mol. The maximum absolute atomic E-state index is 3.70. The highest BCUT2D eigenvalue weighted by molar-refractivity contribution is 5.27. The van der Waals surface area contributed by atoms with Gasteiger partial charge in [-0.1, -0.05) is 44.0 Å². The summed E-state index contributed by atoms with van der Waals surface area (Å²) < 4.78 is 0. The highest BCUT2D eigenvalue weighted by Crippen LogP contribution is 2.41. The molecule has 2 saturated carbocycles. The minimum Gasteiger partial charge on any atom is -0.312 e. The third-order valence-corrected chi connectivity index (χ3v) is 5.27. The summed E-state index contributed by atoms with van der Waals surface area (Å²) in [4.78, 5) is 0. The Labute approximate surface area is 117 Å². The van der Waals surface area contributed by atoms with Crippen LogP contribution in [0.4, 0.5) is 0 Å². The first-order valence-electron chi connectivity index (χ1n) is 8.11. The third-order valence-electron chi connectivity index (χ3n) is 5.27. The van der Waals surface area contributed by atoms with Crippen molar-refractivity contribution in [2.75, 3.05) is 6.54 Å². The number of hydrogen-bond donors (Lipinski definition) is 1. The minimum atomic E-state index is 0.605. The molecule has 0 spiro atoms. The van der Waals surface area contributed by atoms with Crippen molar-refractivity contribution in [2.24, 2.45) is 5.41 Å². The molecule has 0 aromatic heterocycles. The first-order valence-corrected chi connectivity index (χ1v) is 8.11. The van der Waals surface area contributed by atoms with Gasteiger partial charge in [0.25, 0.3) is 0 Å². The molecule has 1 aromatic carbocycles. The van der Waals surface area contributed by atoms with E-state index in [1.165, 1.54) is 57.1 Å². The van der Waals surface area contributed by atoms with Crippen molar-refractivity contribution in [3.63, 3.8) is 0 Å². The van der Waals surface area contributed by atoms with E-state index < -0.39 is 0 Å². The molecule has 104 valence electrons. The van der Waals surface area contributed by atoms with Crippen LogP contribution in [0.1, 0.15) is 68.9 Å². The average Bonchev–Trinajstić information content (AvgIpc) is 3.20. The maximum Gasteiger partial charge on any atom is 0.0205 e. The summed E-state index contributed by atoms with van der Waals surface area (Å²) in [5.74, 6) is 0.879. The minimum absolute atomic E-state index is 0.605. The molecule has 0 unspecified atom stereocenters. The Morgan fingerprint density at radius 2 is 1.79 bits per heavy atom. The Hall–Kier alpha value is -0.820. The fourth-order valence-corrected chi connectivity index (χ4v) is 3.58. The Morgan fingerprint density at radius 3 is 2.37 bits per heavy atom. The molecule has 1 heteroatoms. The van der Waals surface area contributed by atoms with Crippen molar-refractivity contribution in [1.29, 1.82) is 0 Å². The Morgan fingerprint density at radius 1 is 1.11 bits per heavy atom. The summed E-state index contributed by atoms with van der Waals surface area (Å²) in [6, 6.07) is 9.29. The van der Waals surface area contributed by atoms with Gasteiger partial charge in [0.15, 0.2) is 0 Å². The van der Waals surface area contributed by atoms with Crippen LogP contribution in [0.2, 0.25) is 0 Å². The summed E-state index contributed by atoms with van der Waals surface area (Å²) in [5, 5.41) is 3.70. The van der Waals surface area contributed by atoms with Crippen LogP contribution < -0.4 is 5.32 Å². The van der Waals surface area contributed by atoms with Gasteiger partial charge >= 0.3 is 0 Å². The summed E-state index contributed by atoms with van der Waals surface area (Å²) in [6.45, 7) is 4.60. The van der Waals surface area contributed by atoms with Gasteiger partial charge in [0.1, 0.15) is 0 Å². The number of hydrogen-bond acceptors (Lipinski definition) is 1. The van der Waals surface area contributed by atoms with Crippen LogP contribution in [0.3, 0.4) is 0 Å². The van der Waals surface area contributed by atoms with E-state index in [9.17, 15) is 0 Å². The molecular weight excluding hydrogens is 230 g/mol. The van der Waals surface area contributed by atoms with Gasteiger partial charge < -0.3 is 5.32 Å². The van der Waals surface area contributed by atoms with Gasteiger partial charge in [-0.15, -0.1) is 0 Å². The molecule has 0 aliphatic heterocycles. The van der Waals surface area contributed by atoms with Gasteiger partial charge in [0, 0.05) is 13.1 Å². The lowest BCUT2D eigenvalue weighted by atomic mass is 9.83. The topological polar surface area (TPSA) is 12.0 Å². The van der Waals surface area contributed by atoms with Gasteiger partial charge in [-0.3, -0.25) is 0 Å². The highest BCUT2D eigenvalue weighted by atomic mass is 14.9. The van der Waals surface area contributed by atoms with E-state index in [2.05, 4.69) is 36.5 Å². The molecule has 2 aliphatic carbocycles.